The molecular weight excluding hydrogens is 414 g/mol. The Morgan fingerprint density at radius 2 is 1.52 bits per heavy atom. The van der Waals surface area contributed by atoms with Crippen molar-refractivity contribution < 1.29 is 19.4 Å². The summed E-state index contributed by atoms with van der Waals surface area (Å²) in [6.45, 7) is 3.01. The maximum absolute atomic E-state index is 12.3. The highest BCUT2D eigenvalue weighted by molar-refractivity contribution is 6.11. The number of aromatic nitrogens is 1. The topological polar surface area (TPSA) is 68.5 Å². The fourth-order valence-corrected chi connectivity index (χ4v) is 3.98. The molecule has 1 heterocycles. The van der Waals surface area contributed by atoms with Crippen LogP contribution in [-0.4, -0.2) is 28.3 Å². The number of carbonyl (C=O) groups is 2. The van der Waals surface area contributed by atoms with Gasteiger partial charge in [-0.2, -0.15) is 0 Å². The van der Waals surface area contributed by atoms with Gasteiger partial charge in [0.05, 0.1) is 13.5 Å². The molecule has 3 aromatic carbocycles. The Morgan fingerprint density at radius 1 is 0.879 bits per heavy atom. The molecule has 0 saturated heterocycles. The standard InChI is InChI=1S/C28H25NO4/c1-3-29-25-7-5-4-6-23(25)24-16-19(10-14-26(24)29)8-12-21(30)18-22(31)13-9-20-11-15-27(32)28(17-20)33-2/h4-17,32H,3,18H2,1-2H3. The number of aryl methyl sites for hydroxylation is 1. The van der Waals surface area contributed by atoms with Gasteiger partial charge in [0.2, 0.25) is 0 Å². The van der Waals surface area contributed by atoms with Gasteiger partial charge >= 0.3 is 0 Å². The number of hydrogen-bond donors (Lipinski definition) is 1. The second kappa shape index (κ2) is 9.57. The molecule has 0 radical (unpaired) electrons. The molecule has 1 aromatic heterocycles. The monoisotopic (exact) mass is 439 g/mol. The first-order valence-corrected chi connectivity index (χ1v) is 10.8. The normalized spacial score (nSPS) is 11.7. The van der Waals surface area contributed by atoms with Crippen LogP contribution in [0.2, 0.25) is 0 Å². The smallest absolute Gasteiger partial charge is 0.163 e. The summed E-state index contributed by atoms with van der Waals surface area (Å²) in [7, 11) is 1.46. The van der Waals surface area contributed by atoms with Crippen molar-refractivity contribution in [2.75, 3.05) is 7.11 Å². The lowest BCUT2D eigenvalue weighted by molar-refractivity contribution is -0.121. The van der Waals surface area contributed by atoms with Gasteiger partial charge in [-0.3, -0.25) is 9.59 Å². The third-order valence-corrected chi connectivity index (χ3v) is 5.59. The number of ketones is 2. The molecule has 0 amide bonds. The molecule has 0 bridgehead atoms. The van der Waals surface area contributed by atoms with Gasteiger partial charge < -0.3 is 14.4 Å². The molecule has 0 fully saturated rings. The summed E-state index contributed by atoms with van der Waals surface area (Å²) in [6, 6.07) is 19.2. The first-order valence-electron chi connectivity index (χ1n) is 10.8. The second-order valence-electron chi connectivity index (χ2n) is 7.75. The van der Waals surface area contributed by atoms with Crippen LogP contribution < -0.4 is 4.74 Å². The molecule has 0 aliphatic rings. The molecule has 5 nitrogen and oxygen atoms in total. The van der Waals surface area contributed by atoms with E-state index in [-0.39, 0.29) is 23.7 Å². The zero-order chi connectivity index (χ0) is 23.4. The molecular formula is C28H25NO4. The van der Waals surface area contributed by atoms with Crippen LogP contribution in [0.3, 0.4) is 0 Å². The summed E-state index contributed by atoms with van der Waals surface area (Å²) in [6.07, 6.45) is 5.96. The van der Waals surface area contributed by atoms with Gasteiger partial charge in [0.15, 0.2) is 23.1 Å². The van der Waals surface area contributed by atoms with Crippen LogP contribution in [0.4, 0.5) is 0 Å². The minimum Gasteiger partial charge on any atom is -0.504 e. The minimum atomic E-state index is -0.293. The molecule has 5 heteroatoms. The molecule has 0 atom stereocenters. The molecule has 0 aliphatic carbocycles. The van der Waals surface area contributed by atoms with E-state index in [1.54, 1.807) is 24.3 Å². The lowest BCUT2D eigenvalue weighted by atomic mass is 10.1. The maximum Gasteiger partial charge on any atom is 0.163 e. The zero-order valence-corrected chi connectivity index (χ0v) is 18.6. The average Bonchev–Trinajstić information content (AvgIpc) is 3.15. The average molecular weight is 440 g/mol. The van der Waals surface area contributed by atoms with Crippen LogP contribution in [0.5, 0.6) is 11.5 Å². The molecule has 33 heavy (non-hydrogen) atoms. The number of allylic oxidation sites excluding steroid dienone is 2. The summed E-state index contributed by atoms with van der Waals surface area (Å²) in [4.78, 5) is 24.5. The number of aromatic hydroxyl groups is 1. The number of para-hydroxylation sites is 1. The minimum absolute atomic E-state index is 0.0266. The van der Waals surface area contributed by atoms with Crippen LogP contribution in [0, 0.1) is 0 Å². The molecule has 0 saturated carbocycles. The van der Waals surface area contributed by atoms with E-state index in [1.165, 1.54) is 36.2 Å². The summed E-state index contributed by atoms with van der Waals surface area (Å²) in [5.74, 6) is -0.205. The number of phenols is 1. The van der Waals surface area contributed by atoms with E-state index in [4.69, 9.17) is 4.74 Å². The van der Waals surface area contributed by atoms with Crippen molar-refractivity contribution in [3.63, 3.8) is 0 Å². The highest BCUT2D eigenvalue weighted by Gasteiger charge is 2.09. The lowest BCUT2D eigenvalue weighted by Crippen LogP contribution is -2.01. The van der Waals surface area contributed by atoms with Gasteiger partial charge in [-0.05, 0) is 60.5 Å². The Kier molecular flexibility index (Phi) is 6.41. The maximum atomic E-state index is 12.3. The van der Waals surface area contributed by atoms with Crippen molar-refractivity contribution in [1.82, 2.24) is 4.57 Å². The summed E-state index contributed by atoms with van der Waals surface area (Å²) < 4.78 is 7.33. The Morgan fingerprint density at radius 3 is 2.21 bits per heavy atom. The molecule has 1 N–H and O–H groups in total. The largest absolute Gasteiger partial charge is 0.504 e. The van der Waals surface area contributed by atoms with Gasteiger partial charge in [0.25, 0.3) is 0 Å². The Balaban J connectivity index is 1.46. The van der Waals surface area contributed by atoms with Gasteiger partial charge in [-0.25, -0.2) is 0 Å². The van der Waals surface area contributed by atoms with Crippen molar-refractivity contribution in [2.24, 2.45) is 0 Å². The number of benzene rings is 3. The highest BCUT2D eigenvalue weighted by Crippen LogP contribution is 2.30. The Bertz CT molecular complexity index is 1410. The molecule has 0 aliphatic heterocycles. The summed E-state index contributed by atoms with van der Waals surface area (Å²) in [5.41, 5.74) is 3.96. The van der Waals surface area contributed by atoms with Gasteiger partial charge in [0, 0.05) is 28.4 Å². The van der Waals surface area contributed by atoms with Crippen LogP contribution in [-0.2, 0) is 16.1 Å². The van der Waals surface area contributed by atoms with Crippen LogP contribution in [0.1, 0.15) is 24.5 Å². The second-order valence-corrected chi connectivity index (χ2v) is 7.75. The SMILES string of the molecule is CCn1c2ccccc2c2cc(C=CC(=O)CC(=O)C=Cc3ccc(O)c(OC)c3)ccc21. The van der Waals surface area contributed by atoms with Gasteiger partial charge in [-0.15, -0.1) is 0 Å². The van der Waals surface area contributed by atoms with Crippen LogP contribution in [0.25, 0.3) is 34.0 Å². The molecule has 166 valence electrons. The van der Waals surface area contributed by atoms with E-state index in [2.05, 4.69) is 35.8 Å². The Labute approximate surface area is 192 Å². The summed E-state index contributed by atoms with van der Waals surface area (Å²) in [5, 5.41) is 12.0. The van der Waals surface area contributed by atoms with E-state index in [0.29, 0.717) is 11.3 Å². The van der Waals surface area contributed by atoms with Crippen molar-refractivity contribution in [3.05, 3.63) is 83.9 Å². The number of rotatable bonds is 8. The number of hydrogen-bond acceptors (Lipinski definition) is 4. The Hall–Kier alpha value is -4.12. The van der Waals surface area contributed by atoms with Crippen molar-refractivity contribution in [1.29, 1.82) is 0 Å². The lowest BCUT2D eigenvalue weighted by Gasteiger charge is -2.03. The predicted molar refractivity (Wildman–Crippen MR) is 132 cm³/mol. The van der Waals surface area contributed by atoms with Crippen LogP contribution in [0.15, 0.2) is 72.8 Å². The van der Waals surface area contributed by atoms with E-state index >= 15 is 0 Å². The predicted octanol–water partition coefficient (Wildman–Crippen LogP) is 5.78. The zero-order valence-electron chi connectivity index (χ0n) is 18.6. The number of fused-ring (bicyclic) bond motifs is 3. The molecule has 4 rings (SSSR count). The van der Waals surface area contributed by atoms with E-state index in [0.717, 1.165) is 23.0 Å². The summed E-state index contributed by atoms with van der Waals surface area (Å²) >= 11 is 0. The van der Waals surface area contributed by atoms with E-state index in [9.17, 15) is 14.7 Å². The highest BCUT2D eigenvalue weighted by atomic mass is 16.5. The quantitative estimate of drug-likeness (QED) is 0.279. The molecule has 4 aromatic rings. The number of ether oxygens (including phenoxy) is 1. The third kappa shape index (κ3) is 4.72. The fraction of sp³-hybridized carbons (Fsp3) is 0.143. The first-order chi connectivity index (χ1) is 16.0. The number of nitrogens with zero attached hydrogens (tertiary/aromatic N) is 1. The molecule has 0 spiro atoms. The number of methoxy groups -OCH3 is 1. The van der Waals surface area contributed by atoms with Gasteiger partial charge in [0.1, 0.15) is 0 Å². The molecule has 0 unspecified atom stereocenters. The number of phenolic OH excluding ortho intramolecular Hbond substituents is 1. The van der Waals surface area contributed by atoms with Crippen molar-refractivity contribution >= 4 is 45.5 Å². The van der Waals surface area contributed by atoms with Crippen LogP contribution >= 0.6 is 0 Å². The van der Waals surface area contributed by atoms with Crippen molar-refractivity contribution in [3.8, 4) is 11.5 Å². The van der Waals surface area contributed by atoms with E-state index in [1.807, 2.05) is 18.2 Å². The van der Waals surface area contributed by atoms with E-state index < -0.39 is 0 Å². The first kappa shape index (κ1) is 22.1. The van der Waals surface area contributed by atoms with Gasteiger partial charge in [-0.1, -0.05) is 42.5 Å². The fourth-order valence-electron chi connectivity index (χ4n) is 3.98. The number of carbonyl (C=O) groups excluding carboxylic acids is 2. The van der Waals surface area contributed by atoms with Crippen molar-refractivity contribution in [2.45, 2.75) is 19.9 Å². The third-order valence-electron chi connectivity index (χ3n) is 5.59.